The number of H-pyrrole nitrogens is 1. The second-order valence-corrected chi connectivity index (χ2v) is 3.51. The van der Waals surface area contributed by atoms with Gasteiger partial charge in [0.25, 0.3) is 5.56 Å². The third kappa shape index (κ3) is 2.53. The highest BCUT2D eigenvalue weighted by Crippen LogP contribution is 1.95. The van der Waals surface area contributed by atoms with Crippen molar-refractivity contribution in [1.82, 2.24) is 9.55 Å². The summed E-state index contributed by atoms with van der Waals surface area (Å²) in [6.45, 7) is 2.44. The molecule has 15 heavy (non-hydrogen) atoms. The molecule has 5 nitrogen and oxygen atoms in total. The van der Waals surface area contributed by atoms with E-state index in [2.05, 4.69) is 4.98 Å². The van der Waals surface area contributed by atoms with Crippen molar-refractivity contribution >= 4 is 18.2 Å². The van der Waals surface area contributed by atoms with Crippen LogP contribution in [0.3, 0.4) is 0 Å². The van der Waals surface area contributed by atoms with Crippen LogP contribution >= 0.6 is 12.2 Å². The van der Waals surface area contributed by atoms with Crippen LogP contribution in [0.4, 0.5) is 0 Å². The van der Waals surface area contributed by atoms with Gasteiger partial charge in [0.05, 0.1) is 0 Å². The molecule has 0 aliphatic heterocycles. The summed E-state index contributed by atoms with van der Waals surface area (Å²) in [7, 11) is 0. The SMILES string of the molecule is CCCCn1c(=S)[nH]cc(C(=O)O)c1=O. The van der Waals surface area contributed by atoms with Crippen molar-refractivity contribution in [2.75, 3.05) is 0 Å². The van der Waals surface area contributed by atoms with Gasteiger partial charge in [-0.2, -0.15) is 0 Å². The van der Waals surface area contributed by atoms with Crippen molar-refractivity contribution in [2.24, 2.45) is 0 Å². The molecule has 1 rings (SSSR count). The molecule has 0 atom stereocenters. The van der Waals surface area contributed by atoms with E-state index in [4.69, 9.17) is 17.3 Å². The van der Waals surface area contributed by atoms with Crippen molar-refractivity contribution in [3.05, 3.63) is 26.9 Å². The van der Waals surface area contributed by atoms with Crippen molar-refractivity contribution < 1.29 is 9.90 Å². The Bertz CT molecular complexity index is 475. The lowest BCUT2D eigenvalue weighted by molar-refractivity contribution is 0.0693. The topological polar surface area (TPSA) is 75.1 Å². The molecule has 0 saturated carbocycles. The standard InChI is InChI=1S/C9H12N2O3S/c1-2-3-4-11-7(12)6(8(13)14)5-10-9(11)15/h5H,2-4H2,1H3,(H,10,15)(H,13,14). The van der Waals surface area contributed by atoms with Gasteiger partial charge in [-0.1, -0.05) is 13.3 Å². The average Bonchev–Trinajstić information content (AvgIpc) is 2.17. The van der Waals surface area contributed by atoms with E-state index in [0.29, 0.717) is 6.54 Å². The molecule has 0 aliphatic carbocycles. The van der Waals surface area contributed by atoms with Crippen LogP contribution < -0.4 is 5.56 Å². The van der Waals surface area contributed by atoms with Crippen LogP contribution in [0.1, 0.15) is 30.1 Å². The van der Waals surface area contributed by atoms with Gasteiger partial charge in [0, 0.05) is 12.7 Å². The zero-order chi connectivity index (χ0) is 11.4. The Balaban J connectivity index is 3.25. The highest BCUT2D eigenvalue weighted by atomic mass is 32.1. The fraction of sp³-hybridized carbons (Fsp3) is 0.444. The molecule has 1 aromatic heterocycles. The Morgan fingerprint density at radius 1 is 1.67 bits per heavy atom. The van der Waals surface area contributed by atoms with Gasteiger partial charge in [0.2, 0.25) is 0 Å². The van der Waals surface area contributed by atoms with E-state index in [1.807, 2.05) is 6.92 Å². The van der Waals surface area contributed by atoms with Gasteiger partial charge in [-0.05, 0) is 18.6 Å². The summed E-state index contributed by atoms with van der Waals surface area (Å²) in [5, 5.41) is 8.74. The number of aromatic carboxylic acids is 1. The summed E-state index contributed by atoms with van der Waals surface area (Å²) in [5.41, 5.74) is -0.820. The van der Waals surface area contributed by atoms with Crippen molar-refractivity contribution in [3.8, 4) is 0 Å². The van der Waals surface area contributed by atoms with E-state index in [-0.39, 0.29) is 10.3 Å². The first-order chi connectivity index (χ1) is 7.07. The van der Waals surface area contributed by atoms with Gasteiger partial charge < -0.3 is 10.1 Å². The molecule has 0 unspecified atom stereocenters. The zero-order valence-corrected chi connectivity index (χ0v) is 9.13. The fourth-order valence-corrected chi connectivity index (χ4v) is 1.42. The summed E-state index contributed by atoms with van der Waals surface area (Å²) in [5.74, 6) is -1.24. The molecule has 6 heteroatoms. The minimum Gasteiger partial charge on any atom is -0.477 e. The Morgan fingerprint density at radius 2 is 2.33 bits per heavy atom. The smallest absolute Gasteiger partial charge is 0.342 e. The van der Waals surface area contributed by atoms with Crippen LogP contribution in [-0.4, -0.2) is 20.6 Å². The van der Waals surface area contributed by atoms with Crippen LogP contribution in [0, 0.1) is 4.77 Å². The highest BCUT2D eigenvalue weighted by molar-refractivity contribution is 7.71. The van der Waals surface area contributed by atoms with Crippen LogP contribution in [0.25, 0.3) is 0 Å². The molecule has 0 amide bonds. The van der Waals surface area contributed by atoms with Gasteiger partial charge in [-0.3, -0.25) is 9.36 Å². The van der Waals surface area contributed by atoms with Gasteiger partial charge in [-0.15, -0.1) is 0 Å². The monoisotopic (exact) mass is 228 g/mol. The van der Waals surface area contributed by atoms with Gasteiger partial charge >= 0.3 is 5.97 Å². The first kappa shape index (κ1) is 11.6. The number of carboxylic acid groups (broad SMARTS) is 1. The number of carbonyl (C=O) groups is 1. The molecule has 0 bridgehead atoms. The van der Waals surface area contributed by atoms with Gasteiger partial charge in [0.1, 0.15) is 5.56 Å². The number of hydrogen-bond acceptors (Lipinski definition) is 3. The largest absolute Gasteiger partial charge is 0.477 e. The summed E-state index contributed by atoms with van der Waals surface area (Å²) in [6.07, 6.45) is 2.84. The molecule has 0 spiro atoms. The average molecular weight is 228 g/mol. The quantitative estimate of drug-likeness (QED) is 0.764. The minimum absolute atomic E-state index is 0.262. The first-order valence-corrected chi connectivity index (χ1v) is 5.04. The number of aromatic amines is 1. The van der Waals surface area contributed by atoms with Crippen LogP contribution in [-0.2, 0) is 6.54 Å². The number of carboxylic acids is 1. The Kier molecular flexibility index (Phi) is 3.79. The maximum Gasteiger partial charge on any atom is 0.342 e. The van der Waals surface area contributed by atoms with Crippen molar-refractivity contribution in [1.29, 1.82) is 0 Å². The number of nitrogens with one attached hydrogen (secondary N) is 1. The predicted molar refractivity (Wildman–Crippen MR) is 57.8 cm³/mol. The summed E-state index contributed by atoms with van der Waals surface area (Å²) >= 11 is 4.91. The van der Waals surface area contributed by atoms with E-state index >= 15 is 0 Å². The lowest BCUT2D eigenvalue weighted by atomic mass is 10.3. The molecule has 0 aliphatic rings. The highest BCUT2D eigenvalue weighted by Gasteiger charge is 2.11. The Hall–Kier alpha value is -1.43. The molecule has 2 N–H and O–H groups in total. The number of aromatic nitrogens is 2. The number of hydrogen-bond donors (Lipinski definition) is 2. The third-order valence-electron chi connectivity index (χ3n) is 2.03. The van der Waals surface area contributed by atoms with Crippen LogP contribution in [0.15, 0.2) is 11.0 Å². The normalized spacial score (nSPS) is 10.2. The first-order valence-electron chi connectivity index (χ1n) is 4.63. The molecular formula is C9H12N2O3S. The zero-order valence-electron chi connectivity index (χ0n) is 8.32. The Labute approximate surface area is 91.4 Å². The summed E-state index contributed by atoms with van der Waals surface area (Å²) < 4.78 is 1.54. The number of unbranched alkanes of at least 4 members (excludes halogenated alkanes) is 1. The lowest BCUT2D eigenvalue weighted by Crippen LogP contribution is -2.27. The molecule has 0 saturated heterocycles. The molecule has 1 heterocycles. The van der Waals surface area contributed by atoms with Crippen LogP contribution in [0.5, 0.6) is 0 Å². The Morgan fingerprint density at radius 3 is 2.87 bits per heavy atom. The molecule has 0 aromatic carbocycles. The molecule has 0 fully saturated rings. The number of rotatable bonds is 4. The third-order valence-corrected chi connectivity index (χ3v) is 2.36. The second kappa shape index (κ2) is 4.88. The van der Waals surface area contributed by atoms with Gasteiger partial charge in [-0.25, -0.2) is 4.79 Å². The number of nitrogens with zero attached hydrogens (tertiary/aromatic N) is 1. The van der Waals surface area contributed by atoms with Crippen molar-refractivity contribution in [3.63, 3.8) is 0 Å². The van der Waals surface area contributed by atoms with E-state index in [0.717, 1.165) is 19.0 Å². The summed E-state index contributed by atoms with van der Waals surface area (Å²) in [6, 6.07) is 0. The molecule has 0 radical (unpaired) electrons. The van der Waals surface area contributed by atoms with E-state index in [1.165, 1.54) is 4.57 Å². The molecule has 1 aromatic rings. The van der Waals surface area contributed by atoms with Gasteiger partial charge in [0.15, 0.2) is 4.77 Å². The van der Waals surface area contributed by atoms with Crippen molar-refractivity contribution in [2.45, 2.75) is 26.3 Å². The molecular weight excluding hydrogens is 216 g/mol. The maximum atomic E-state index is 11.6. The van der Waals surface area contributed by atoms with Crippen LogP contribution in [0.2, 0.25) is 0 Å². The maximum absolute atomic E-state index is 11.6. The van der Waals surface area contributed by atoms with E-state index in [9.17, 15) is 9.59 Å². The van der Waals surface area contributed by atoms with E-state index < -0.39 is 11.5 Å². The summed E-state index contributed by atoms with van der Waals surface area (Å²) in [4.78, 5) is 24.9. The fourth-order valence-electron chi connectivity index (χ4n) is 1.18. The minimum atomic E-state index is -1.24. The second-order valence-electron chi connectivity index (χ2n) is 3.12. The lowest BCUT2D eigenvalue weighted by Gasteiger charge is -2.05. The predicted octanol–water partition coefficient (Wildman–Crippen LogP) is 1.40. The van der Waals surface area contributed by atoms with E-state index in [1.54, 1.807) is 0 Å². The molecule has 82 valence electrons.